The van der Waals surface area contributed by atoms with Gasteiger partial charge in [-0.3, -0.25) is 4.79 Å². The van der Waals surface area contributed by atoms with E-state index in [-0.39, 0.29) is 5.97 Å². The highest BCUT2D eigenvalue weighted by molar-refractivity contribution is 5.83. The molecule has 0 aliphatic heterocycles. The van der Waals surface area contributed by atoms with Gasteiger partial charge in [0.1, 0.15) is 11.4 Å². The average molecular weight is 221 g/mol. The predicted octanol–water partition coefficient (Wildman–Crippen LogP) is 2.59. The third-order valence-electron chi connectivity index (χ3n) is 1.81. The molecule has 0 saturated carbocycles. The van der Waals surface area contributed by atoms with Gasteiger partial charge in [-0.1, -0.05) is 12.1 Å². The maximum absolute atomic E-state index is 11.5. The van der Waals surface area contributed by atoms with Crippen molar-refractivity contribution in [2.45, 2.75) is 26.4 Å². The fourth-order valence-electron chi connectivity index (χ4n) is 1.17. The molecule has 0 aromatic heterocycles. The Hall–Kier alpha value is -1.51. The highest BCUT2D eigenvalue weighted by atomic mass is 16.6. The molecule has 0 unspecified atom stereocenters. The van der Waals surface area contributed by atoms with Crippen LogP contribution >= 0.6 is 0 Å². The van der Waals surface area contributed by atoms with Crippen molar-refractivity contribution in [3.63, 3.8) is 0 Å². The van der Waals surface area contributed by atoms with E-state index < -0.39 is 5.60 Å². The van der Waals surface area contributed by atoms with Crippen molar-refractivity contribution in [1.29, 1.82) is 0 Å². The van der Waals surface area contributed by atoms with E-state index in [2.05, 4.69) is 0 Å². The second-order valence-electron chi connectivity index (χ2n) is 4.45. The Morgan fingerprint density at radius 1 is 1.19 bits per heavy atom. The summed E-state index contributed by atoms with van der Waals surface area (Å²) in [5.41, 5.74) is 0.343. The van der Waals surface area contributed by atoms with Crippen LogP contribution in [0.25, 0.3) is 0 Å². The van der Waals surface area contributed by atoms with Crippen molar-refractivity contribution in [1.82, 2.24) is 0 Å². The lowest BCUT2D eigenvalue weighted by molar-refractivity contribution is -0.149. The third kappa shape index (κ3) is 4.34. The van der Waals surface area contributed by atoms with Crippen molar-refractivity contribution in [3.05, 3.63) is 36.2 Å². The van der Waals surface area contributed by atoms with E-state index in [1.807, 2.05) is 32.9 Å². The summed E-state index contributed by atoms with van der Waals surface area (Å²) < 4.78 is 10.2. The van der Waals surface area contributed by atoms with Gasteiger partial charge in [0.15, 0.2) is 0 Å². The van der Waals surface area contributed by atoms with Gasteiger partial charge in [0, 0.05) is 0 Å². The summed E-state index contributed by atoms with van der Waals surface area (Å²) >= 11 is 0. The number of carbonyl (C=O) groups is 1. The molecule has 0 atom stereocenters. The first-order valence-electron chi connectivity index (χ1n) is 5.12. The molecule has 1 radical (unpaired) electrons. The summed E-state index contributed by atoms with van der Waals surface area (Å²) in [7, 11) is 1.60. The smallest absolute Gasteiger partial charge is 0.315 e. The number of esters is 1. The normalized spacial score (nSPS) is 11.0. The minimum atomic E-state index is -0.458. The van der Waals surface area contributed by atoms with Crippen molar-refractivity contribution in [2.24, 2.45) is 0 Å². The first-order valence-corrected chi connectivity index (χ1v) is 5.12. The van der Waals surface area contributed by atoms with Crippen LogP contribution in [0.2, 0.25) is 0 Å². The molecule has 0 saturated heterocycles. The summed E-state index contributed by atoms with van der Waals surface area (Å²) in [4.78, 5) is 11.5. The zero-order valence-corrected chi connectivity index (χ0v) is 10.1. The molecule has 87 valence electrons. The number of methoxy groups -OCH3 is 1. The molecule has 0 spiro atoms. The van der Waals surface area contributed by atoms with Gasteiger partial charge in [0.25, 0.3) is 0 Å². The second-order valence-corrected chi connectivity index (χ2v) is 4.45. The monoisotopic (exact) mass is 221 g/mol. The predicted molar refractivity (Wildman–Crippen MR) is 62.2 cm³/mol. The lowest BCUT2D eigenvalue weighted by atomic mass is 10.1. The van der Waals surface area contributed by atoms with E-state index in [1.165, 1.54) is 6.42 Å². The van der Waals surface area contributed by atoms with Gasteiger partial charge in [0.05, 0.1) is 13.5 Å². The second kappa shape index (κ2) is 5.01. The minimum absolute atomic E-state index is 0.335. The van der Waals surface area contributed by atoms with Gasteiger partial charge in [0.2, 0.25) is 0 Å². The van der Waals surface area contributed by atoms with E-state index in [9.17, 15) is 4.79 Å². The first kappa shape index (κ1) is 12.6. The molecule has 3 nitrogen and oxygen atoms in total. The SMILES string of the molecule is COc1ccc([CH]C(=O)OC(C)(C)C)cc1. The highest BCUT2D eigenvalue weighted by Crippen LogP contribution is 2.15. The molecule has 0 bridgehead atoms. The van der Waals surface area contributed by atoms with Crippen LogP contribution in [-0.4, -0.2) is 18.7 Å². The Balaban J connectivity index is 2.56. The number of ether oxygens (including phenoxy) is 2. The Morgan fingerprint density at radius 3 is 2.19 bits per heavy atom. The zero-order valence-electron chi connectivity index (χ0n) is 10.1. The fourth-order valence-corrected chi connectivity index (χ4v) is 1.17. The molecule has 16 heavy (non-hydrogen) atoms. The van der Waals surface area contributed by atoms with E-state index in [1.54, 1.807) is 19.2 Å². The van der Waals surface area contributed by atoms with Gasteiger partial charge < -0.3 is 9.47 Å². The van der Waals surface area contributed by atoms with E-state index >= 15 is 0 Å². The molecule has 0 aliphatic carbocycles. The average Bonchev–Trinajstić information content (AvgIpc) is 2.16. The van der Waals surface area contributed by atoms with Crippen LogP contribution in [0, 0.1) is 6.42 Å². The lowest BCUT2D eigenvalue weighted by Gasteiger charge is -2.19. The molecule has 0 heterocycles. The van der Waals surface area contributed by atoms with Crippen molar-refractivity contribution >= 4 is 5.97 Å². The van der Waals surface area contributed by atoms with Gasteiger partial charge in [-0.15, -0.1) is 0 Å². The summed E-state index contributed by atoms with van der Waals surface area (Å²) in [6, 6.07) is 7.22. The highest BCUT2D eigenvalue weighted by Gasteiger charge is 2.16. The van der Waals surface area contributed by atoms with Crippen LogP contribution in [0.5, 0.6) is 5.75 Å². The van der Waals surface area contributed by atoms with Gasteiger partial charge in [-0.2, -0.15) is 0 Å². The number of benzene rings is 1. The van der Waals surface area contributed by atoms with Crippen LogP contribution in [-0.2, 0) is 9.53 Å². The topological polar surface area (TPSA) is 35.5 Å². The summed E-state index contributed by atoms with van der Waals surface area (Å²) in [6.07, 6.45) is 1.46. The molecule has 1 rings (SSSR count). The maximum Gasteiger partial charge on any atom is 0.315 e. The van der Waals surface area contributed by atoms with E-state index in [4.69, 9.17) is 9.47 Å². The number of hydrogen-bond donors (Lipinski definition) is 0. The molecule has 1 aromatic carbocycles. The molecule has 0 aliphatic rings. The number of hydrogen-bond acceptors (Lipinski definition) is 3. The summed E-state index contributed by atoms with van der Waals surface area (Å²) in [5.74, 6) is 0.430. The van der Waals surface area contributed by atoms with Crippen LogP contribution in [0.4, 0.5) is 0 Å². The molecule has 0 amide bonds. The van der Waals surface area contributed by atoms with Crippen molar-refractivity contribution in [3.8, 4) is 5.75 Å². The minimum Gasteiger partial charge on any atom is -0.497 e. The standard InChI is InChI=1S/C13H17O3/c1-13(2,3)16-12(14)9-10-5-7-11(15-4)8-6-10/h5-9H,1-4H3. The van der Waals surface area contributed by atoms with Crippen molar-refractivity contribution < 1.29 is 14.3 Å². The van der Waals surface area contributed by atoms with E-state index in [0.717, 1.165) is 11.3 Å². The molecular formula is C13H17O3. The Kier molecular flexibility index (Phi) is 3.93. The first-order chi connectivity index (χ1) is 7.40. The van der Waals surface area contributed by atoms with Crippen LogP contribution in [0.15, 0.2) is 24.3 Å². The van der Waals surface area contributed by atoms with Crippen LogP contribution in [0.1, 0.15) is 26.3 Å². The summed E-state index contributed by atoms with van der Waals surface area (Å²) in [5, 5.41) is 0. The molecule has 1 aromatic rings. The summed E-state index contributed by atoms with van der Waals surface area (Å²) in [6.45, 7) is 5.52. The molecule has 0 fully saturated rings. The van der Waals surface area contributed by atoms with Crippen LogP contribution < -0.4 is 4.74 Å². The Morgan fingerprint density at radius 2 is 1.75 bits per heavy atom. The Labute approximate surface area is 96.4 Å². The largest absolute Gasteiger partial charge is 0.497 e. The maximum atomic E-state index is 11.5. The van der Waals surface area contributed by atoms with Crippen molar-refractivity contribution in [2.75, 3.05) is 7.11 Å². The molecular weight excluding hydrogens is 204 g/mol. The molecule has 3 heteroatoms. The quantitative estimate of drug-likeness (QED) is 0.736. The van der Waals surface area contributed by atoms with Gasteiger partial charge in [-0.05, 0) is 38.5 Å². The zero-order chi connectivity index (χ0) is 12.2. The van der Waals surface area contributed by atoms with Gasteiger partial charge in [-0.25, -0.2) is 0 Å². The van der Waals surface area contributed by atoms with Crippen LogP contribution in [0.3, 0.4) is 0 Å². The van der Waals surface area contributed by atoms with Gasteiger partial charge >= 0.3 is 5.97 Å². The van der Waals surface area contributed by atoms with E-state index in [0.29, 0.717) is 0 Å². The number of rotatable bonds is 3. The molecule has 0 N–H and O–H groups in total. The third-order valence-corrected chi connectivity index (χ3v) is 1.81. The number of carbonyl (C=O) groups excluding carboxylic acids is 1. The Bertz CT molecular complexity index is 346. The lowest BCUT2D eigenvalue weighted by Crippen LogP contribution is -2.24. The fraction of sp³-hybridized carbons (Fsp3) is 0.385.